The first-order valence-electron chi connectivity index (χ1n) is 9.91. The molecule has 3 nitrogen and oxygen atoms in total. The van der Waals surface area contributed by atoms with Crippen LogP contribution in [0.4, 0.5) is 5.69 Å². The van der Waals surface area contributed by atoms with Crippen molar-refractivity contribution in [1.82, 2.24) is 0 Å². The van der Waals surface area contributed by atoms with E-state index >= 15 is 0 Å². The number of anilines is 1. The van der Waals surface area contributed by atoms with Crippen LogP contribution < -0.4 is 5.73 Å². The molecular formula is C26H28N2O. The van der Waals surface area contributed by atoms with Gasteiger partial charge in [0.25, 0.3) is 0 Å². The fourth-order valence-corrected chi connectivity index (χ4v) is 3.76. The molecule has 0 aromatic heterocycles. The standard InChI is InChI=1S/C13H15NO.C13H13N/c1-10-7-12(9-13(8-10)14-15)11-5-3-2-4-6-11;1-10-7-12(9-13(14)8-10)11-5-3-2-4-6-11/h2-6,8,12,15H,7,9H2,1H3;2-9H,14H2,1H3/b14-13-;. The van der Waals surface area contributed by atoms with Crippen LogP contribution in [0, 0.1) is 6.92 Å². The van der Waals surface area contributed by atoms with E-state index in [9.17, 15) is 0 Å². The molecule has 1 aliphatic carbocycles. The molecule has 148 valence electrons. The summed E-state index contributed by atoms with van der Waals surface area (Å²) in [5.41, 5.74) is 13.6. The van der Waals surface area contributed by atoms with Gasteiger partial charge in [0.1, 0.15) is 0 Å². The number of nitrogens with zero attached hydrogens (tertiary/aromatic N) is 1. The van der Waals surface area contributed by atoms with E-state index in [1.165, 1.54) is 27.8 Å². The van der Waals surface area contributed by atoms with Gasteiger partial charge in [-0.1, -0.05) is 77.5 Å². The predicted molar refractivity (Wildman–Crippen MR) is 122 cm³/mol. The number of nitrogens with two attached hydrogens (primary N) is 1. The fourth-order valence-electron chi connectivity index (χ4n) is 3.76. The van der Waals surface area contributed by atoms with E-state index in [0.717, 1.165) is 24.2 Å². The smallest absolute Gasteiger partial charge is 0.0801 e. The summed E-state index contributed by atoms with van der Waals surface area (Å²) in [6.07, 6.45) is 3.86. The Hall–Kier alpha value is -3.33. The maximum atomic E-state index is 8.82. The first kappa shape index (κ1) is 20.4. The van der Waals surface area contributed by atoms with Gasteiger partial charge in [0.05, 0.1) is 5.71 Å². The Kier molecular flexibility index (Phi) is 6.85. The van der Waals surface area contributed by atoms with Crippen molar-refractivity contribution >= 4 is 11.4 Å². The van der Waals surface area contributed by atoms with Gasteiger partial charge in [-0.05, 0) is 66.6 Å². The number of rotatable bonds is 2. The number of aryl methyl sites for hydroxylation is 1. The van der Waals surface area contributed by atoms with Gasteiger partial charge in [0.15, 0.2) is 0 Å². The molecule has 1 unspecified atom stereocenters. The fraction of sp³-hybridized carbons (Fsp3) is 0.192. The lowest BCUT2D eigenvalue weighted by atomic mass is 9.83. The molecular weight excluding hydrogens is 356 g/mol. The van der Waals surface area contributed by atoms with Crippen LogP contribution in [0.1, 0.15) is 36.8 Å². The van der Waals surface area contributed by atoms with Crippen LogP contribution >= 0.6 is 0 Å². The highest BCUT2D eigenvalue weighted by atomic mass is 16.4. The van der Waals surface area contributed by atoms with E-state index in [2.05, 4.69) is 61.5 Å². The molecule has 3 aromatic rings. The van der Waals surface area contributed by atoms with Crippen molar-refractivity contribution in [3.05, 3.63) is 102 Å². The van der Waals surface area contributed by atoms with Gasteiger partial charge in [-0.2, -0.15) is 0 Å². The molecule has 0 spiro atoms. The molecule has 0 bridgehead atoms. The molecule has 0 fully saturated rings. The number of hydrogen-bond acceptors (Lipinski definition) is 3. The first-order valence-corrected chi connectivity index (χ1v) is 9.91. The topological polar surface area (TPSA) is 58.6 Å². The van der Waals surface area contributed by atoms with Crippen LogP contribution in [0.5, 0.6) is 0 Å². The van der Waals surface area contributed by atoms with Crippen LogP contribution in [0.25, 0.3) is 11.1 Å². The van der Waals surface area contributed by atoms with Crippen molar-refractivity contribution in [3.63, 3.8) is 0 Å². The molecule has 0 amide bonds. The molecule has 0 saturated carbocycles. The second kappa shape index (κ2) is 9.74. The zero-order valence-corrected chi connectivity index (χ0v) is 17.0. The lowest BCUT2D eigenvalue weighted by Gasteiger charge is -2.21. The van der Waals surface area contributed by atoms with Crippen molar-refractivity contribution in [3.8, 4) is 11.1 Å². The molecule has 0 saturated heterocycles. The first-order chi connectivity index (χ1) is 14.0. The molecule has 0 radical (unpaired) electrons. The summed E-state index contributed by atoms with van der Waals surface area (Å²) >= 11 is 0. The quantitative estimate of drug-likeness (QED) is 0.298. The van der Waals surface area contributed by atoms with Gasteiger partial charge in [-0.15, -0.1) is 0 Å². The van der Waals surface area contributed by atoms with E-state index in [1.54, 1.807) is 0 Å². The Bertz CT molecular complexity index is 971. The molecule has 3 heteroatoms. The van der Waals surface area contributed by atoms with E-state index < -0.39 is 0 Å². The largest absolute Gasteiger partial charge is 0.411 e. The van der Waals surface area contributed by atoms with E-state index in [4.69, 9.17) is 10.9 Å². The Morgan fingerprint density at radius 3 is 2.10 bits per heavy atom. The summed E-state index contributed by atoms with van der Waals surface area (Å²) in [6.45, 7) is 4.14. The van der Waals surface area contributed by atoms with Crippen molar-refractivity contribution in [2.45, 2.75) is 32.6 Å². The average Bonchev–Trinajstić information content (AvgIpc) is 2.74. The van der Waals surface area contributed by atoms with Crippen molar-refractivity contribution in [1.29, 1.82) is 0 Å². The maximum Gasteiger partial charge on any atom is 0.0801 e. The number of nitrogen functional groups attached to an aromatic ring is 1. The number of benzene rings is 3. The third-order valence-corrected chi connectivity index (χ3v) is 5.04. The minimum Gasteiger partial charge on any atom is -0.411 e. The molecule has 3 aromatic carbocycles. The van der Waals surface area contributed by atoms with Crippen molar-refractivity contribution in [2.75, 3.05) is 5.73 Å². The molecule has 0 aliphatic heterocycles. The van der Waals surface area contributed by atoms with Crippen LogP contribution in [0.2, 0.25) is 0 Å². The Morgan fingerprint density at radius 1 is 0.828 bits per heavy atom. The summed E-state index contributed by atoms with van der Waals surface area (Å²) in [7, 11) is 0. The van der Waals surface area contributed by atoms with Crippen molar-refractivity contribution < 1.29 is 5.21 Å². The minimum atomic E-state index is 0.460. The highest BCUT2D eigenvalue weighted by molar-refractivity contribution is 5.96. The molecule has 1 aliphatic rings. The Labute approximate surface area is 173 Å². The van der Waals surface area contributed by atoms with E-state index in [1.807, 2.05) is 42.5 Å². The lowest BCUT2D eigenvalue weighted by molar-refractivity contribution is 0.317. The number of hydrogen-bond donors (Lipinski definition) is 2. The monoisotopic (exact) mass is 384 g/mol. The molecule has 1 atom stereocenters. The van der Waals surface area contributed by atoms with E-state index in [-0.39, 0.29) is 0 Å². The zero-order chi connectivity index (χ0) is 20.6. The van der Waals surface area contributed by atoms with Crippen molar-refractivity contribution in [2.24, 2.45) is 5.16 Å². The Balaban J connectivity index is 0.000000166. The number of allylic oxidation sites excluding steroid dienone is 2. The summed E-state index contributed by atoms with van der Waals surface area (Å²) in [4.78, 5) is 0. The second-order valence-corrected chi connectivity index (χ2v) is 7.60. The summed E-state index contributed by atoms with van der Waals surface area (Å²) in [5, 5.41) is 12.1. The van der Waals surface area contributed by atoms with Gasteiger partial charge in [-0.25, -0.2) is 0 Å². The molecule has 3 N–H and O–H groups in total. The van der Waals surface area contributed by atoms with Crippen LogP contribution in [-0.4, -0.2) is 10.9 Å². The predicted octanol–water partition coefficient (Wildman–Crippen LogP) is 6.58. The number of oxime groups is 1. The van der Waals surface area contributed by atoms with Gasteiger partial charge in [0, 0.05) is 12.1 Å². The Morgan fingerprint density at radius 2 is 1.48 bits per heavy atom. The van der Waals surface area contributed by atoms with Crippen LogP contribution in [0.3, 0.4) is 0 Å². The SMILES string of the molecule is CC1=C/C(=N/O)CC(c2ccccc2)C1.Cc1cc(N)cc(-c2ccccc2)c1. The van der Waals surface area contributed by atoms with Gasteiger partial charge in [-0.3, -0.25) is 0 Å². The lowest BCUT2D eigenvalue weighted by Crippen LogP contribution is -2.12. The normalized spacial score (nSPS) is 17.2. The minimum absolute atomic E-state index is 0.460. The maximum absolute atomic E-state index is 8.82. The summed E-state index contributed by atoms with van der Waals surface area (Å²) in [6, 6.07) is 26.8. The van der Waals surface area contributed by atoms with E-state index in [0.29, 0.717) is 5.92 Å². The van der Waals surface area contributed by atoms with Crippen LogP contribution in [-0.2, 0) is 0 Å². The molecule has 0 heterocycles. The zero-order valence-electron chi connectivity index (χ0n) is 17.0. The highest BCUT2D eigenvalue weighted by Crippen LogP contribution is 2.31. The van der Waals surface area contributed by atoms with Gasteiger partial charge in [0.2, 0.25) is 0 Å². The third kappa shape index (κ3) is 5.82. The van der Waals surface area contributed by atoms with Gasteiger partial charge < -0.3 is 10.9 Å². The molecule has 29 heavy (non-hydrogen) atoms. The third-order valence-electron chi connectivity index (χ3n) is 5.04. The second-order valence-electron chi connectivity index (χ2n) is 7.60. The van der Waals surface area contributed by atoms with Crippen LogP contribution in [0.15, 0.2) is 95.7 Å². The molecule has 4 rings (SSSR count). The summed E-state index contributed by atoms with van der Waals surface area (Å²) < 4.78 is 0. The average molecular weight is 385 g/mol. The highest BCUT2D eigenvalue weighted by Gasteiger charge is 2.19. The van der Waals surface area contributed by atoms with Gasteiger partial charge >= 0.3 is 0 Å². The summed E-state index contributed by atoms with van der Waals surface area (Å²) in [5.74, 6) is 0.460.